The highest BCUT2D eigenvalue weighted by Gasteiger charge is 2.33. The fraction of sp³-hybridized carbons (Fsp3) is 0.231. The second kappa shape index (κ2) is 11.3. The summed E-state index contributed by atoms with van der Waals surface area (Å²) in [4.78, 5) is 27.0. The largest absolute Gasteiger partial charge is 0.357 e. The van der Waals surface area contributed by atoms with E-state index in [9.17, 15) is 26.8 Å². The lowest BCUT2D eigenvalue weighted by Gasteiger charge is -2.31. The summed E-state index contributed by atoms with van der Waals surface area (Å²) in [5.41, 5.74) is 1.05. The van der Waals surface area contributed by atoms with Crippen LogP contribution in [0.2, 0.25) is 0 Å². The smallest absolute Gasteiger partial charge is 0.264 e. The van der Waals surface area contributed by atoms with Gasteiger partial charge in [-0.05, 0) is 55.8 Å². The van der Waals surface area contributed by atoms with E-state index >= 15 is 0 Å². The Hall–Kier alpha value is -3.79. The van der Waals surface area contributed by atoms with E-state index in [4.69, 9.17) is 0 Å². The molecule has 0 unspecified atom stereocenters. The fourth-order valence-electron chi connectivity index (χ4n) is 3.58. The van der Waals surface area contributed by atoms with Crippen molar-refractivity contribution in [1.82, 2.24) is 10.2 Å². The fourth-order valence-corrected chi connectivity index (χ4v) is 5.00. The summed E-state index contributed by atoms with van der Waals surface area (Å²) in [5, 5.41) is 2.47. The molecule has 7 nitrogen and oxygen atoms in total. The maximum absolute atomic E-state index is 14.8. The molecule has 0 saturated heterocycles. The number of hydrogen-bond acceptors (Lipinski definition) is 4. The number of aryl methyl sites for hydroxylation is 1. The average molecular weight is 516 g/mol. The predicted molar refractivity (Wildman–Crippen MR) is 133 cm³/mol. The Balaban J connectivity index is 2.04. The molecule has 0 aliphatic carbocycles. The highest BCUT2D eigenvalue weighted by molar-refractivity contribution is 7.92. The van der Waals surface area contributed by atoms with Crippen LogP contribution in [-0.4, -0.2) is 44.8 Å². The van der Waals surface area contributed by atoms with Crippen molar-refractivity contribution in [2.75, 3.05) is 17.9 Å². The number of nitrogens with zero attached hydrogens (tertiary/aromatic N) is 2. The summed E-state index contributed by atoms with van der Waals surface area (Å²) in [6.45, 7) is 2.42. The molecular weight excluding hydrogens is 488 g/mol. The van der Waals surface area contributed by atoms with Crippen molar-refractivity contribution in [2.24, 2.45) is 0 Å². The van der Waals surface area contributed by atoms with Gasteiger partial charge in [0, 0.05) is 13.6 Å². The number of rotatable bonds is 9. The monoisotopic (exact) mass is 515 g/mol. The van der Waals surface area contributed by atoms with E-state index in [2.05, 4.69) is 5.32 Å². The maximum atomic E-state index is 14.8. The lowest BCUT2D eigenvalue weighted by Crippen LogP contribution is -2.50. The summed E-state index contributed by atoms with van der Waals surface area (Å²) >= 11 is 0. The lowest BCUT2D eigenvalue weighted by molar-refractivity contribution is -0.139. The minimum absolute atomic E-state index is 0.0939. The molecule has 0 radical (unpaired) electrons. The van der Waals surface area contributed by atoms with Crippen LogP contribution in [0.1, 0.15) is 18.1 Å². The van der Waals surface area contributed by atoms with Gasteiger partial charge in [-0.2, -0.15) is 0 Å². The summed E-state index contributed by atoms with van der Waals surface area (Å²) in [5.74, 6) is -2.52. The Morgan fingerprint density at radius 3 is 2.14 bits per heavy atom. The van der Waals surface area contributed by atoms with Gasteiger partial charge in [0.2, 0.25) is 11.8 Å². The number of hydrogen-bond donors (Lipinski definition) is 1. The van der Waals surface area contributed by atoms with Gasteiger partial charge < -0.3 is 10.2 Å². The molecule has 3 rings (SSSR count). The van der Waals surface area contributed by atoms with Crippen molar-refractivity contribution in [2.45, 2.75) is 31.3 Å². The van der Waals surface area contributed by atoms with Gasteiger partial charge in [-0.25, -0.2) is 17.2 Å². The van der Waals surface area contributed by atoms with Gasteiger partial charge in [0.15, 0.2) is 0 Å². The molecule has 0 spiro atoms. The van der Waals surface area contributed by atoms with Crippen molar-refractivity contribution in [1.29, 1.82) is 0 Å². The first-order valence-electron chi connectivity index (χ1n) is 11.1. The van der Waals surface area contributed by atoms with Crippen LogP contribution in [0, 0.1) is 18.6 Å². The van der Waals surface area contributed by atoms with Gasteiger partial charge in [0.25, 0.3) is 10.0 Å². The van der Waals surface area contributed by atoms with Crippen molar-refractivity contribution in [3.63, 3.8) is 0 Å². The molecule has 0 fully saturated rings. The zero-order valence-electron chi connectivity index (χ0n) is 20.1. The number of anilines is 1. The molecule has 1 N–H and O–H groups in total. The predicted octanol–water partition coefficient (Wildman–Crippen LogP) is 3.63. The van der Waals surface area contributed by atoms with Crippen LogP contribution in [0.25, 0.3) is 0 Å². The third-order valence-corrected chi connectivity index (χ3v) is 7.46. The third-order valence-electron chi connectivity index (χ3n) is 5.69. The van der Waals surface area contributed by atoms with E-state index in [1.807, 2.05) is 0 Å². The van der Waals surface area contributed by atoms with Gasteiger partial charge in [-0.15, -0.1) is 0 Å². The van der Waals surface area contributed by atoms with Crippen LogP contribution < -0.4 is 9.62 Å². The van der Waals surface area contributed by atoms with E-state index in [-0.39, 0.29) is 17.1 Å². The highest BCUT2D eigenvalue weighted by Crippen LogP contribution is 2.27. The number of halogens is 2. The SMILES string of the molecule is CNC(=O)[C@@H](C)N(Cc1ccc(F)cc1)C(=O)CN(c1ccccc1F)S(=O)(=O)c1ccc(C)cc1. The number of benzene rings is 3. The van der Waals surface area contributed by atoms with Crippen LogP contribution in [0.15, 0.2) is 77.7 Å². The van der Waals surface area contributed by atoms with Crippen LogP contribution in [-0.2, 0) is 26.2 Å². The van der Waals surface area contributed by atoms with Crippen LogP contribution in [0.4, 0.5) is 14.5 Å². The standard InChI is InChI=1S/C26H27F2N3O4S/c1-18-8-14-22(15-9-18)36(34,35)31(24-7-5-4-6-23(24)28)17-25(32)30(19(2)26(33)29-3)16-20-10-12-21(27)13-11-20/h4-15,19H,16-17H2,1-3H3,(H,29,33)/t19-/m1/s1. The number of carbonyl (C=O) groups is 2. The summed E-state index contributed by atoms with van der Waals surface area (Å²) in [6.07, 6.45) is 0. The first-order valence-corrected chi connectivity index (χ1v) is 12.6. The topological polar surface area (TPSA) is 86.8 Å². The normalized spacial score (nSPS) is 12.0. The summed E-state index contributed by atoms with van der Waals surface area (Å²) < 4.78 is 56.0. The van der Waals surface area contributed by atoms with E-state index in [1.165, 1.54) is 73.5 Å². The van der Waals surface area contributed by atoms with E-state index < -0.39 is 46.1 Å². The second-order valence-corrected chi connectivity index (χ2v) is 10.1. The van der Waals surface area contributed by atoms with Gasteiger partial charge in [-0.1, -0.05) is 42.0 Å². The molecule has 2 amide bonds. The Morgan fingerprint density at radius 2 is 1.56 bits per heavy atom. The molecule has 36 heavy (non-hydrogen) atoms. The average Bonchev–Trinajstić information content (AvgIpc) is 2.86. The third kappa shape index (κ3) is 6.06. The van der Waals surface area contributed by atoms with Crippen molar-refractivity contribution in [3.05, 3.63) is 95.6 Å². The van der Waals surface area contributed by atoms with Gasteiger partial charge in [-0.3, -0.25) is 13.9 Å². The van der Waals surface area contributed by atoms with Gasteiger partial charge in [0.05, 0.1) is 10.6 Å². The summed E-state index contributed by atoms with van der Waals surface area (Å²) in [7, 11) is -2.95. The minimum Gasteiger partial charge on any atom is -0.357 e. The molecule has 3 aromatic carbocycles. The zero-order valence-corrected chi connectivity index (χ0v) is 20.9. The molecule has 3 aromatic rings. The number of nitrogens with one attached hydrogen (secondary N) is 1. The lowest BCUT2D eigenvalue weighted by atomic mass is 10.1. The van der Waals surface area contributed by atoms with Gasteiger partial charge in [0.1, 0.15) is 24.2 Å². The molecule has 10 heteroatoms. The number of sulfonamides is 1. The molecule has 190 valence electrons. The number of para-hydroxylation sites is 1. The molecule has 0 aliphatic rings. The Morgan fingerprint density at radius 1 is 0.944 bits per heavy atom. The van der Waals surface area contributed by atoms with E-state index in [0.29, 0.717) is 9.87 Å². The number of amides is 2. The van der Waals surface area contributed by atoms with Crippen molar-refractivity contribution < 1.29 is 26.8 Å². The Labute approximate surface area is 209 Å². The molecule has 1 atom stereocenters. The molecule has 0 heterocycles. The zero-order chi connectivity index (χ0) is 26.5. The first-order chi connectivity index (χ1) is 17.0. The number of likely N-dealkylation sites (N-methyl/N-ethyl adjacent to an activating group) is 1. The molecule has 0 aromatic heterocycles. The van der Waals surface area contributed by atoms with Crippen LogP contribution in [0.5, 0.6) is 0 Å². The quantitative estimate of drug-likeness (QED) is 0.472. The Bertz CT molecular complexity index is 1330. The molecule has 0 bridgehead atoms. The van der Waals surface area contributed by atoms with Crippen molar-refractivity contribution >= 4 is 27.5 Å². The second-order valence-electron chi connectivity index (χ2n) is 8.21. The molecule has 0 aliphatic heterocycles. The van der Waals surface area contributed by atoms with Crippen molar-refractivity contribution in [3.8, 4) is 0 Å². The molecule has 0 saturated carbocycles. The highest BCUT2D eigenvalue weighted by atomic mass is 32.2. The maximum Gasteiger partial charge on any atom is 0.264 e. The van der Waals surface area contributed by atoms with Crippen LogP contribution in [0.3, 0.4) is 0 Å². The Kier molecular flexibility index (Phi) is 8.41. The molecular formula is C26H27F2N3O4S. The van der Waals surface area contributed by atoms with Gasteiger partial charge >= 0.3 is 0 Å². The first kappa shape index (κ1) is 26.8. The number of carbonyl (C=O) groups excluding carboxylic acids is 2. The van der Waals surface area contributed by atoms with Crippen LogP contribution >= 0.6 is 0 Å². The van der Waals surface area contributed by atoms with E-state index in [0.717, 1.165) is 11.6 Å². The summed E-state index contributed by atoms with van der Waals surface area (Å²) in [6, 6.07) is 15.6. The van der Waals surface area contributed by atoms with E-state index in [1.54, 1.807) is 19.1 Å². The minimum atomic E-state index is -4.36.